The zero-order valence-electron chi connectivity index (χ0n) is 14.7. The number of morpholine rings is 1. The number of nitro benzene ring substituents is 1. The van der Waals surface area contributed by atoms with E-state index in [0.717, 1.165) is 19.5 Å². The van der Waals surface area contributed by atoms with Gasteiger partial charge in [-0.15, -0.1) is 0 Å². The number of nitrogens with one attached hydrogen (secondary N) is 1. The van der Waals surface area contributed by atoms with Gasteiger partial charge in [0.15, 0.2) is 0 Å². The predicted molar refractivity (Wildman–Crippen MR) is 95.7 cm³/mol. The molecular formula is C17H26N4O4. The van der Waals surface area contributed by atoms with E-state index in [4.69, 9.17) is 10.5 Å². The number of hydrogen-bond acceptors (Lipinski definition) is 6. The van der Waals surface area contributed by atoms with Crippen LogP contribution in [0.3, 0.4) is 0 Å². The Morgan fingerprint density at radius 2 is 2.08 bits per heavy atom. The zero-order valence-corrected chi connectivity index (χ0v) is 14.7. The maximum absolute atomic E-state index is 11.3. The minimum absolute atomic E-state index is 0.129. The summed E-state index contributed by atoms with van der Waals surface area (Å²) in [6.07, 6.45) is 0.986. The Morgan fingerprint density at radius 1 is 1.40 bits per heavy atom. The van der Waals surface area contributed by atoms with Crippen molar-refractivity contribution < 1.29 is 14.5 Å². The minimum Gasteiger partial charge on any atom is -0.379 e. The molecule has 1 fully saturated rings. The van der Waals surface area contributed by atoms with Crippen LogP contribution in [0.15, 0.2) is 18.2 Å². The predicted octanol–water partition coefficient (Wildman–Crippen LogP) is 1.85. The van der Waals surface area contributed by atoms with Crippen molar-refractivity contribution >= 4 is 17.3 Å². The highest BCUT2D eigenvalue weighted by Gasteiger charge is 2.23. The topological polar surface area (TPSA) is 111 Å². The monoisotopic (exact) mass is 350 g/mol. The molecule has 0 aromatic heterocycles. The van der Waals surface area contributed by atoms with E-state index in [9.17, 15) is 14.9 Å². The van der Waals surface area contributed by atoms with Gasteiger partial charge in [-0.05, 0) is 24.5 Å². The second kappa shape index (κ2) is 8.77. The first kappa shape index (κ1) is 19.1. The van der Waals surface area contributed by atoms with E-state index in [1.54, 1.807) is 6.07 Å². The van der Waals surface area contributed by atoms with Crippen LogP contribution in [0.4, 0.5) is 11.4 Å². The number of ether oxygens (including phenoxy) is 1. The van der Waals surface area contributed by atoms with Gasteiger partial charge in [0.05, 0.1) is 18.1 Å². The summed E-state index contributed by atoms with van der Waals surface area (Å²) in [5, 5.41) is 14.5. The lowest BCUT2D eigenvalue weighted by Gasteiger charge is -2.35. The van der Waals surface area contributed by atoms with E-state index in [1.807, 2.05) is 0 Å². The first-order chi connectivity index (χ1) is 11.9. The molecule has 1 unspecified atom stereocenters. The molecule has 1 heterocycles. The third-order valence-corrected chi connectivity index (χ3v) is 4.31. The molecule has 0 bridgehead atoms. The van der Waals surface area contributed by atoms with Crippen molar-refractivity contribution in [1.82, 2.24) is 4.90 Å². The summed E-state index contributed by atoms with van der Waals surface area (Å²) < 4.78 is 5.41. The van der Waals surface area contributed by atoms with Crippen LogP contribution in [0.1, 0.15) is 30.6 Å². The lowest BCUT2D eigenvalue weighted by Crippen LogP contribution is -2.47. The lowest BCUT2D eigenvalue weighted by atomic mass is 10.0. The molecule has 1 aromatic carbocycles. The fourth-order valence-electron chi connectivity index (χ4n) is 3.06. The second-order valence-corrected chi connectivity index (χ2v) is 6.67. The Morgan fingerprint density at radius 3 is 2.64 bits per heavy atom. The summed E-state index contributed by atoms with van der Waals surface area (Å²) in [7, 11) is 0. The average molecular weight is 350 g/mol. The minimum atomic E-state index is -0.680. The number of nitrogens with two attached hydrogens (primary N) is 1. The molecule has 138 valence electrons. The van der Waals surface area contributed by atoms with E-state index in [2.05, 4.69) is 24.1 Å². The first-order valence-corrected chi connectivity index (χ1v) is 8.52. The van der Waals surface area contributed by atoms with Crippen molar-refractivity contribution in [3.63, 3.8) is 0 Å². The molecule has 1 aliphatic heterocycles. The second-order valence-electron chi connectivity index (χ2n) is 6.67. The molecule has 0 aliphatic carbocycles. The Labute approximate surface area is 147 Å². The van der Waals surface area contributed by atoms with Crippen molar-refractivity contribution in [3.05, 3.63) is 33.9 Å². The van der Waals surface area contributed by atoms with Crippen LogP contribution in [-0.2, 0) is 4.74 Å². The van der Waals surface area contributed by atoms with Gasteiger partial charge in [-0.25, -0.2) is 0 Å². The molecular weight excluding hydrogens is 324 g/mol. The lowest BCUT2D eigenvalue weighted by molar-refractivity contribution is -0.384. The zero-order chi connectivity index (χ0) is 18.4. The standard InChI is InChI=1S/C17H26N4O4/c1-12(2)9-14(20-5-7-25-8-6-20)11-19-15-4-3-13(17(18)22)10-16(15)21(23)24/h3-4,10,12,14,19H,5-9,11H2,1-2H3,(H2,18,22). The molecule has 0 saturated carbocycles. The molecule has 0 spiro atoms. The normalized spacial score (nSPS) is 16.6. The van der Waals surface area contributed by atoms with Crippen molar-refractivity contribution in [2.24, 2.45) is 11.7 Å². The maximum Gasteiger partial charge on any atom is 0.293 e. The molecule has 2 rings (SSSR count). The molecule has 1 saturated heterocycles. The van der Waals surface area contributed by atoms with Gasteiger partial charge in [0.25, 0.3) is 5.69 Å². The number of primary amides is 1. The molecule has 8 nitrogen and oxygen atoms in total. The van der Waals surface area contributed by atoms with Crippen LogP contribution in [-0.4, -0.2) is 54.6 Å². The van der Waals surface area contributed by atoms with Gasteiger partial charge in [-0.2, -0.15) is 0 Å². The van der Waals surface area contributed by atoms with Gasteiger partial charge in [0, 0.05) is 37.3 Å². The van der Waals surface area contributed by atoms with Crippen LogP contribution in [0, 0.1) is 16.0 Å². The summed E-state index contributed by atoms with van der Waals surface area (Å²) in [4.78, 5) is 24.4. The molecule has 3 N–H and O–H groups in total. The van der Waals surface area contributed by atoms with Gasteiger partial charge in [-0.3, -0.25) is 19.8 Å². The summed E-state index contributed by atoms with van der Waals surface area (Å²) in [5.41, 5.74) is 5.60. The highest BCUT2D eigenvalue weighted by atomic mass is 16.6. The van der Waals surface area contributed by atoms with Crippen LogP contribution in [0.5, 0.6) is 0 Å². The van der Waals surface area contributed by atoms with Crippen LogP contribution in [0.25, 0.3) is 0 Å². The average Bonchev–Trinajstić information content (AvgIpc) is 2.58. The quantitative estimate of drug-likeness (QED) is 0.547. The van der Waals surface area contributed by atoms with Gasteiger partial charge >= 0.3 is 0 Å². The van der Waals surface area contributed by atoms with Crippen LogP contribution >= 0.6 is 0 Å². The fraction of sp³-hybridized carbons (Fsp3) is 0.588. The highest BCUT2D eigenvalue weighted by Crippen LogP contribution is 2.26. The number of nitro groups is 1. The van der Waals surface area contributed by atoms with E-state index >= 15 is 0 Å². The summed E-state index contributed by atoms with van der Waals surface area (Å²) in [5.74, 6) is -0.164. The van der Waals surface area contributed by atoms with Crippen molar-refractivity contribution in [1.29, 1.82) is 0 Å². The smallest absolute Gasteiger partial charge is 0.293 e. The van der Waals surface area contributed by atoms with E-state index in [0.29, 0.717) is 31.4 Å². The molecule has 1 amide bonds. The third kappa shape index (κ3) is 5.40. The SMILES string of the molecule is CC(C)CC(CNc1ccc(C(N)=O)cc1[N+](=O)[O-])N1CCOCC1. The molecule has 0 radical (unpaired) electrons. The Hall–Kier alpha value is -2.19. The van der Waals surface area contributed by atoms with Gasteiger partial charge in [0.1, 0.15) is 5.69 Å². The van der Waals surface area contributed by atoms with E-state index in [1.165, 1.54) is 12.1 Å². The largest absolute Gasteiger partial charge is 0.379 e. The highest BCUT2D eigenvalue weighted by molar-refractivity contribution is 5.94. The Bertz CT molecular complexity index is 615. The maximum atomic E-state index is 11.3. The Kier molecular flexibility index (Phi) is 6.72. The number of rotatable bonds is 8. The number of hydrogen-bond donors (Lipinski definition) is 2. The number of nitrogens with zero attached hydrogens (tertiary/aromatic N) is 2. The summed E-state index contributed by atoms with van der Waals surface area (Å²) >= 11 is 0. The molecule has 1 atom stereocenters. The summed E-state index contributed by atoms with van der Waals surface area (Å²) in [6.45, 7) is 8.07. The number of amides is 1. The number of benzene rings is 1. The van der Waals surface area contributed by atoms with Gasteiger partial charge in [0.2, 0.25) is 5.91 Å². The van der Waals surface area contributed by atoms with Crippen LogP contribution < -0.4 is 11.1 Å². The van der Waals surface area contributed by atoms with Gasteiger partial charge < -0.3 is 15.8 Å². The molecule has 8 heteroatoms. The van der Waals surface area contributed by atoms with E-state index < -0.39 is 10.8 Å². The molecule has 1 aliphatic rings. The van der Waals surface area contributed by atoms with Crippen molar-refractivity contribution in [2.75, 3.05) is 38.2 Å². The van der Waals surface area contributed by atoms with Crippen LogP contribution in [0.2, 0.25) is 0 Å². The number of carbonyl (C=O) groups excluding carboxylic acids is 1. The van der Waals surface area contributed by atoms with E-state index in [-0.39, 0.29) is 17.3 Å². The Balaban J connectivity index is 2.13. The third-order valence-electron chi connectivity index (χ3n) is 4.31. The fourth-order valence-corrected chi connectivity index (χ4v) is 3.06. The number of carbonyl (C=O) groups is 1. The summed E-state index contributed by atoms with van der Waals surface area (Å²) in [6, 6.07) is 4.53. The molecule has 25 heavy (non-hydrogen) atoms. The van der Waals surface area contributed by atoms with Crippen molar-refractivity contribution in [2.45, 2.75) is 26.3 Å². The number of anilines is 1. The first-order valence-electron chi connectivity index (χ1n) is 8.52. The van der Waals surface area contributed by atoms with Gasteiger partial charge in [-0.1, -0.05) is 13.8 Å². The molecule has 1 aromatic rings. The van der Waals surface area contributed by atoms with Crippen molar-refractivity contribution in [3.8, 4) is 0 Å².